The van der Waals surface area contributed by atoms with Crippen LogP contribution in [0.25, 0.3) is 0 Å². The maximum atomic E-state index is 11.9. The summed E-state index contributed by atoms with van der Waals surface area (Å²) in [7, 11) is 0. The standard InChI is InChI=1S/C20H28O2/c1-3-4-5-16-6-8-17(9-7-16)18-10-12-19(13-11-18)20(22)14-15(2)21/h10-13,16-17H,3-9,14H2,1-2H3/t16-,17-. The summed E-state index contributed by atoms with van der Waals surface area (Å²) >= 11 is 0. The van der Waals surface area contributed by atoms with Crippen LogP contribution in [0.15, 0.2) is 24.3 Å². The van der Waals surface area contributed by atoms with Crippen LogP contribution in [0.5, 0.6) is 0 Å². The third-order valence-corrected chi connectivity index (χ3v) is 4.93. The summed E-state index contributed by atoms with van der Waals surface area (Å²) in [5.41, 5.74) is 2.02. The van der Waals surface area contributed by atoms with E-state index >= 15 is 0 Å². The Labute approximate surface area is 134 Å². The second kappa shape index (κ2) is 8.26. The van der Waals surface area contributed by atoms with Crippen molar-refractivity contribution in [2.45, 2.75) is 71.1 Å². The molecule has 0 aliphatic heterocycles. The molecular weight excluding hydrogens is 272 g/mol. The molecule has 1 saturated carbocycles. The lowest BCUT2D eigenvalue weighted by Gasteiger charge is -2.28. The molecule has 0 heterocycles. The van der Waals surface area contributed by atoms with Gasteiger partial charge in [0.25, 0.3) is 0 Å². The minimum atomic E-state index is -0.0699. The molecule has 22 heavy (non-hydrogen) atoms. The van der Waals surface area contributed by atoms with Crippen LogP contribution < -0.4 is 0 Å². The lowest BCUT2D eigenvalue weighted by Crippen LogP contribution is -2.13. The number of carbonyl (C=O) groups is 2. The Morgan fingerprint density at radius 1 is 1.05 bits per heavy atom. The molecule has 1 aromatic rings. The van der Waals surface area contributed by atoms with E-state index < -0.39 is 0 Å². The molecule has 1 aromatic carbocycles. The van der Waals surface area contributed by atoms with Crippen molar-refractivity contribution in [1.29, 1.82) is 0 Å². The van der Waals surface area contributed by atoms with Gasteiger partial charge in [-0.05, 0) is 50.0 Å². The van der Waals surface area contributed by atoms with Gasteiger partial charge in [-0.25, -0.2) is 0 Å². The SMILES string of the molecule is CCCC[C@H]1CC[C@H](c2ccc(C(=O)CC(C)=O)cc2)CC1. The average Bonchev–Trinajstić information content (AvgIpc) is 2.53. The molecular formula is C20H28O2. The molecule has 1 aliphatic carbocycles. The quantitative estimate of drug-likeness (QED) is 0.505. The van der Waals surface area contributed by atoms with E-state index in [1.165, 1.54) is 57.4 Å². The summed E-state index contributed by atoms with van der Waals surface area (Å²) < 4.78 is 0. The van der Waals surface area contributed by atoms with Crippen molar-refractivity contribution in [3.63, 3.8) is 0 Å². The maximum Gasteiger partial charge on any atom is 0.170 e. The first kappa shape index (κ1) is 16.9. The normalized spacial score (nSPS) is 21.5. The molecule has 0 atom stereocenters. The van der Waals surface area contributed by atoms with Gasteiger partial charge in [-0.3, -0.25) is 9.59 Å². The molecule has 2 rings (SSSR count). The molecule has 2 heteroatoms. The van der Waals surface area contributed by atoms with Crippen LogP contribution in [0.2, 0.25) is 0 Å². The van der Waals surface area contributed by atoms with Gasteiger partial charge in [0.15, 0.2) is 5.78 Å². The number of ketones is 2. The van der Waals surface area contributed by atoms with E-state index in [-0.39, 0.29) is 18.0 Å². The highest BCUT2D eigenvalue weighted by molar-refractivity contribution is 6.07. The first-order chi connectivity index (χ1) is 10.6. The zero-order chi connectivity index (χ0) is 15.9. The van der Waals surface area contributed by atoms with Crippen molar-refractivity contribution < 1.29 is 9.59 Å². The number of rotatable bonds is 7. The zero-order valence-corrected chi connectivity index (χ0v) is 13.9. The van der Waals surface area contributed by atoms with E-state index in [4.69, 9.17) is 0 Å². The van der Waals surface area contributed by atoms with Crippen LogP contribution in [0.4, 0.5) is 0 Å². The summed E-state index contributed by atoms with van der Waals surface area (Å²) in [5.74, 6) is 1.43. The lowest BCUT2D eigenvalue weighted by molar-refractivity contribution is -0.116. The molecule has 0 spiro atoms. The van der Waals surface area contributed by atoms with E-state index in [0.29, 0.717) is 11.5 Å². The van der Waals surface area contributed by atoms with Crippen molar-refractivity contribution >= 4 is 11.6 Å². The number of hydrogen-bond donors (Lipinski definition) is 0. The second-order valence-corrected chi connectivity index (χ2v) is 6.78. The number of benzene rings is 1. The molecule has 1 fully saturated rings. The molecule has 0 bridgehead atoms. The van der Waals surface area contributed by atoms with Gasteiger partial charge in [-0.2, -0.15) is 0 Å². The Kier molecular flexibility index (Phi) is 6.35. The predicted octanol–water partition coefficient (Wildman–Crippen LogP) is 5.31. The summed E-state index contributed by atoms with van der Waals surface area (Å²) in [6, 6.07) is 7.96. The third kappa shape index (κ3) is 4.79. The Hall–Kier alpha value is -1.44. The minimum Gasteiger partial charge on any atom is -0.300 e. The Balaban J connectivity index is 1.89. The third-order valence-electron chi connectivity index (χ3n) is 4.93. The molecule has 120 valence electrons. The minimum absolute atomic E-state index is 0.0158. The maximum absolute atomic E-state index is 11.9. The van der Waals surface area contributed by atoms with Crippen molar-refractivity contribution in [1.82, 2.24) is 0 Å². The van der Waals surface area contributed by atoms with E-state index in [1.54, 1.807) is 0 Å². The summed E-state index contributed by atoms with van der Waals surface area (Å²) in [6.45, 7) is 3.73. The van der Waals surface area contributed by atoms with Crippen LogP contribution in [-0.2, 0) is 4.79 Å². The second-order valence-electron chi connectivity index (χ2n) is 6.78. The average molecular weight is 300 g/mol. The van der Waals surface area contributed by atoms with Crippen molar-refractivity contribution in [3.05, 3.63) is 35.4 Å². The topological polar surface area (TPSA) is 34.1 Å². The van der Waals surface area contributed by atoms with Crippen LogP contribution in [0, 0.1) is 5.92 Å². The Morgan fingerprint density at radius 3 is 2.23 bits per heavy atom. The number of Topliss-reactive ketones (excluding diaryl/α,β-unsaturated/α-hetero) is 2. The molecule has 1 aliphatic rings. The van der Waals surface area contributed by atoms with Gasteiger partial charge in [-0.15, -0.1) is 0 Å². The van der Waals surface area contributed by atoms with Gasteiger partial charge in [0, 0.05) is 5.56 Å². The predicted molar refractivity (Wildman–Crippen MR) is 90.3 cm³/mol. The van der Waals surface area contributed by atoms with Crippen molar-refractivity contribution in [3.8, 4) is 0 Å². The summed E-state index contributed by atoms with van der Waals surface area (Å²) in [4.78, 5) is 22.9. The van der Waals surface area contributed by atoms with E-state index in [1.807, 2.05) is 12.1 Å². The monoisotopic (exact) mass is 300 g/mol. The molecule has 0 N–H and O–H groups in total. The van der Waals surface area contributed by atoms with Gasteiger partial charge in [0.2, 0.25) is 0 Å². The fourth-order valence-corrected chi connectivity index (χ4v) is 3.55. The number of carbonyl (C=O) groups excluding carboxylic acids is 2. The highest BCUT2D eigenvalue weighted by atomic mass is 16.1. The molecule has 0 unspecified atom stereocenters. The fourth-order valence-electron chi connectivity index (χ4n) is 3.55. The summed E-state index contributed by atoms with van der Waals surface area (Å²) in [5, 5.41) is 0. The Bertz CT molecular complexity index is 493. The van der Waals surface area contributed by atoms with Gasteiger partial charge >= 0.3 is 0 Å². The van der Waals surface area contributed by atoms with Crippen LogP contribution >= 0.6 is 0 Å². The number of hydrogen-bond acceptors (Lipinski definition) is 2. The Morgan fingerprint density at radius 2 is 1.68 bits per heavy atom. The smallest absolute Gasteiger partial charge is 0.170 e. The van der Waals surface area contributed by atoms with E-state index in [0.717, 1.165) is 5.92 Å². The number of unbranched alkanes of at least 4 members (excludes halogenated alkanes) is 1. The first-order valence-corrected chi connectivity index (χ1v) is 8.72. The van der Waals surface area contributed by atoms with Gasteiger partial charge in [-0.1, -0.05) is 50.5 Å². The highest BCUT2D eigenvalue weighted by Gasteiger charge is 2.22. The molecule has 0 radical (unpaired) electrons. The first-order valence-electron chi connectivity index (χ1n) is 8.72. The summed E-state index contributed by atoms with van der Waals surface area (Å²) in [6.07, 6.45) is 9.30. The molecule has 0 saturated heterocycles. The van der Waals surface area contributed by atoms with E-state index in [2.05, 4.69) is 19.1 Å². The van der Waals surface area contributed by atoms with Gasteiger partial charge < -0.3 is 0 Å². The largest absolute Gasteiger partial charge is 0.300 e. The van der Waals surface area contributed by atoms with Crippen molar-refractivity contribution in [2.24, 2.45) is 5.92 Å². The van der Waals surface area contributed by atoms with Crippen LogP contribution in [-0.4, -0.2) is 11.6 Å². The molecule has 0 amide bonds. The molecule has 0 aromatic heterocycles. The molecule has 2 nitrogen and oxygen atoms in total. The van der Waals surface area contributed by atoms with Gasteiger partial charge in [0.05, 0.1) is 6.42 Å². The fraction of sp³-hybridized carbons (Fsp3) is 0.600. The van der Waals surface area contributed by atoms with Crippen molar-refractivity contribution in [2.75, 3.05) is 0 Å². The lowest BCUT2D eigenvalue weighted by atomic mass is 9.77. The zero-order valence-electron chi connectivity index (χ0n) is 13.9. The van der Waals surface area contributed by atoms with E-state index in [9.17, 15) is 9.59 Å². The van der Waals surface area contributed by atoms with Crippen LogP contribution in [0.3, 0.4) is 0 Å². The highest BCUT2D eigenvalue weighted by Crippen LogP contribution is 2.37. The van der Waals surface area contributed by atoms with Crippen LogP contribution in [0.1, 0.15) is 87.1 Å². The van der Waals surface area contributed by atoms with Gasteiger partial charge in [0.1, 0.15) is 5.78 Å².